The molecule has 0 aliphatic carbocycles. The molecule has 1 aromatic carbocycles. The molecule has 0 saturated heterocycles. The Hall–Kier alpha value is -1.87. The summed E-state index contributed by atoms with van der Waals surface area (Å²) in [6, 6.07) is 6.49. The van der Waals surface area contributed by atoms with E-state index in [0.29, 0.717) is 9.92 Å². The molecule has 164 valence electrons. The van der Waals surface area contributed by atoms with E-state index >= 15 is 0 Å². The van der Waals surface area contributed by atoms with Gasteiger partial charge in [0.25, 0.3) is 6.43 Å². The van der Waals surface area contributed by atoms with Crippen LogP contribution < -0.4 is 0 Å². The molecule has 0 N–H and O–H groups in total. The van der Waals surface area contributed by atoms with E-state index in [1.807, 2.05) is 0 Å². The second-order valence-corrected chi connectivity index (χ2v) is 8.30. The van der Waals surface area contributed by atoms with Crippen LogP contribution in [0.25, 0.3) is 0 Å². The third-order valence-electron chi connectivity index (χ3n) is 4.10. The van der Waals surface area contributed by atoms with Crippen LogP contribution in [0.3, 0.4) is 0 Å². The molecule has 0 fully saturated rings. The largest absolute Gasteiger partial charge is 0.465 e. The number of aromatic nitrogens is 1. The molecule has 0 aliphatic heterocycles. The van der Waals surface area contributed by atoms with E-state index in [2.05, 4.69) is 9.72 Å². The number of alkyl halides is 5. The van der Waals surface area contributed by atoms with E-state index in [0.717, 1.165) is 18.9 Å². The highest BCUT2D eigenvalue weighted by molar-refractivity contribution is 7.98. The number of ether oxygens (including phenoxy) is 1. The Morgan fingerprint density at radius 2 is 1.90 bits per heavy atom. The summed E-state index contributed by atoms with van der Waals surface area (Å²) in [7, 11) is 0.981. The number of esters is 1. The number of benzene rings is 1. The molecular weight excluding hydrogens is 449 g/mol. The fraction of sp³-hybridized carbons (Fsp3) is 0.400. The zero-order valence-corrected chi connectivity index (χ0v) is 17.9. The summed E-state index contributed by atoms with van der Waals surface area (Å²) in [5, 5.41) is 0.403. The van der Waals surface area contributed by atoms with E-state index in [9.17, 15) is 26.7 Å². The van der Waals surface area contributed by atoms with E-state index in [1.165, 1.54) is 0 Å². The molecule has 0 aliphatic rings. The summed E-state index contributed by atoms with van der Waals surface area (Å²) in [5.41, 5.74) is -3.68. The number of carbonyl (C=O) groups excluding carboxylic acids is 1. The lowest BCUT2D eigenvalue weighted by Crippen LogP contribution is -2.22. The van der Waals surface area contributed by atoms with Crippen molar-refractivity contribution in [1.29, 1.82) is 0 Å². The first kappa shape index (κ1) is 24.4. The fourth-order valence-corrected chi connectivity index (χ4v) is 4.18. The molecule has 2 aromatic rings. The van der Waals surface area contributed by atoms with Gasteiger partial charge in [-0.2, -0.15) is 13.2 Å². The Labute approximate surface area is 180 Å². The fourth-order valence-electron chi connectivity index (χ4n) is 2.92. The molecule has 0 unspecified atom stereocenters. The summed E-state index contributed by atoms with van der Waals surface area (Å²) in [6.07, 6.45) is -8.38. The lowest BCUT2D eigenvalue weighted by Gasteiger charge is -2.22. The van der Waals surface area contributed by atoms with Crippen LogP contribution >= 0.6 is 23.4 Å². The third-order valence-corrected chi connectivity index (χ3v) is 5.35. The van der Waals surface area contributed by atoms with Gasteiger partial charge in [0.05, 0.1) is 12.7 Å². The van der Waals surface area contributed by atoms with E-state index in [1.54, 1.807) is 38.1 Å². The van der Waals surface area contributed by atoms with Crippen LogP contribution in [-0.4, -0.2) is 18.1 Å². The van der Waals surface area contributed by atoms with Crippen molar-refractivity contribution >= 4 is 29.3 Å². The number of methoxy groups -OCH3 is 1. The first-order valence-corrected chi connectivity index (χ1v) is 10.2. The molecule has 1 aromatic heterocycles. The number of pyridine rings is 1. The highest BCUT2D eigenvalue weighted by Crippen LogP contribution is 2.40. The minimum atomic E-state index is -4.98. The summed E-state index contributed by atoms with van der Waals surface area (Å²) in [6.45, 7) is 3.43. The molecule has 3 nitrogen and oxygen atoms in total. The van der Waals surface area contributed by atoms with Crippen molar-refractivity contribution in [3.63, 3.8) is 0 Å². The molecule has 2 rings (SSSR count). The summed E-state index contributed by atoms with van der Waals surface area (Å²) in [5.74, 6) is -1.59. The van der Waals surface area contributed by atoms with Gasteiger partial charge in [0, 0.05) is 15.7 Å². The van der Waals surface area contributed by atoms with Crippen LogP contribution in [0.4, 0.5) is 22.0 Å². The first-order valence-electron chi connectivity index (χ1n) is 8.83. The minimum Gasteiger partial charge on any atom is -0.465 e. The molecule has 1 heterocycles. The predicted molar refractivity (Wildman–Crippen MR) is 105 cm³/mol. The maximum absolute atomic E-state index is 13.8. The summed E-state index contributed by atoms with van der Waals surface area (Å²) in [4.78, 5) is 16.1. The highest BCUT2D eigenvalue weighted by atomic mass is 35.5. The Kier molecular flexibility index (Phi) is 8.10. The van der Waals surface area contributed by atoms with Crippen LogP contribution in [0.2, 0.25) is 5.02 Å². The Balaban J connectivity index is 2.75. The average molecular weight is 468 g/mol. The zero-order valence-electron chi connectivity index (χ0n) is 16.3. The number of carbonyl (C=O) groups is 1. The van der Waals surface area contributed by atoms with Crippen LogP contribution in [0, 0.1) is 5.92 Å². The normalized spacial score (nSPS) is 12.0. The maximum atomic E-state index is 13.8. The van der Waals surface area contributed by atoms with Gasteiger partial charge in [-0.25, -0.2) is 18.6 Å². The van der Waals surface area contributed by atoms with Crippen LogP contribution in [-0.2, 0) is 23.1 Å². The van der Waals surface area contributed by atoms with Crippen molar-refractivity contribution in [1.82, 2.24) is 4.98 Å². The molecule has 0 amide bonds. The average Bonchev–Trinajstić information content (AvgIpc) is 2.64. The highest BCUT2D eigenvalue weighted by Gasteiger charge is 2.40. The van der Waals surface area contributed by atoms with Crippen molar-refractivity contribution in [3.8, 4) is 0 Å². The Morgan fingerprint density at radius 3 is 2.40 bits per heavy atom. The van der Waals surface area contributed by atoms with Crippen molar-refractivity contribution in [2.24, 2.45) is 5.92 Å². The van der Waals surface area contributed by atoms with E-state index in [-0.39, 0.29) is 29.2 Å². The van der Waals surface area contributed by atoms with Gasteiger partial charge in [0.2, 0.25) is 0 Å². The number of hydrogen-bond donors (Lipinski definition) is 0. The topological polar surface area (TPSA) is 39.2 Å². The standard InChI is InChI=1S/C20H19ClF5NO2S/c1-10(2)7-13-14(9-30-12-6-4-5-11(21)8-12)17(20(24,25)26)27-16(18(22)23)15(13)19(28)29-3/h4-6,8,10,18H,7,9H2,1-3H3. The van der Waals surface area contributed by atoms with Gasteiger partial charge < -0.3 is 4.74 Å². The molecular formula is C20H19ClF5NO2S. The molecule has 0 saturated carbocycles. The van der Waals surface area contributed by atoms with Gasteiger partial charge in [-0.1, -0.05) is 31.5 Å². The van der Waals surface area contributed by atoms with Crippen LogP contribution in [0.5, 0.6) is 0 Å². The summed E-state index contributed by atoms with van der Waals surface area (Å²) >= 11 is 6.96. The molecule has 0 atom stereocenters. The van der Waals surface area contributed by atoms with Crippen LogP contribution in [0.1, 0.15) is 53.1 Å². The molecule has 0 spiro atoms. The second-order valence-electron chi connectivity index (χ2n) is 6.81. The Bertz CT molecular complexity index is 919. The third kappa shape index (κ3) is 5.85. The van der Waals surface area contributed by atoms with Gasteiger partial charge in [0.15, 0.2) is 0 Å². The van der Waals surface area contributed by atoms with Gasteiger partial charge in [-0.15, -0.1) is 11.8 Å². The van der Waals surface area contributed by atoms with Crippen molar-refractivity contribution in [2.45, 2.75) is 43.5 Å². The van der Waals surface area contributed by atoms with Gasteiger partial charge >= 0.3 is 12.1 Å². The van der Waals surface area contributed by atoms with Gasteiger partial charge in [0.1, 0.15) is 11.4 Å². The number of halogens is 6. The maximum Gasteiger partial charge on any atom is 0.433 e. The molecule has 10 heteroatoms. The smallest absolute Gasteiger partial charge is 0.433 e. The van der Waals surface area contributed by atoms with Crippen molar-refractivity contribution in [3.05, 3.63) is 57.4 Å². The number of rotatable bonds is 7. The number of hydrogen-bond acceptors (Lipinski definition) is 4. The molecule has 0 bridgehead atoms. The lowest BCUT2D eigenvalue weighted by atomic mass is 9.91. The minimum absolute atomic E-state index is 0.0266. The monoisotopic (exact) mass is 467 g/mol. The summed E-state index contributed by atoms with van der Waals surface area (Å²) < 4.78 is 73.0. The van der Waals surface area contributed by atoms with Gasteiger partial charge in [-0.3, -0.25) is 0 Å². The second kappa shape index (κ2) is 9.96. The number of thioether (sulfide) groups is 1. The van der Waals surface area contributed by atoms with Crippen molar-refractivity contribution in [2.75, 3.05) is 7.11 Å². The lowest BCUT2D eigenvalue weighted by molar-refractivity contribution is -0.142. The molecule has 0 radical (unpaired) electrons. The van der Waals surface area contributed by atoms with Gasteiger partial charge in [-0.05, 0) is 41.7 Å². The first-order chi connectivity index (χ1) is 14.0. The predicted octanol–water partition coefficient (Wildman–Crippen LogP) is 6.97. The van der Waals surface area contributed by atoms with E-state index in [4.69, 9.17) is 11.6 Å². The van der Waals surface area contributed by atoms with Crippen LogP contribution in [0.15, 0.2) is 29.2 Å². The van der Waals surface area contributed by atoms with Crippen molar-refractivity contribution < 1.29 is 31.5 Å². The SMILES string of the molecule is COC(=O)c1c(C(F)F)nc(C(F)(F)F)c(CSc2cccc(Cl)c2)c1CC(C)C. The Morgan fingerprint density at radius 1 is 1.23 bits per heavy atom. The molecule has 30 heavy (non-hydrogen) atoms. The quantitative estimate of drug-likeness (QED) is 0.250. The number of nitrogens with zero attached hydrogens (tertiary/aromatic N) is 1. The zero-order chi connectivity index (χ0) is 22.6. The van der Waals surface area contributed by atoms with E-state index < -0.39 is 35.5 Å².